The molecule has 0 aliphatic carbocycles. The van der Waals surface area contributed by atoms with Crippen LogP contribution in [0.15, 0.2) is 9.90 Å². The van der Waals surface area contributed by atoms with Gasteiger partial charge in [0.15, 0.2) is 0 Å². The van der Waals surface area contributed by atoms with Crippen LogP contribution in [0.3, 0.4) is 0 Å². The molecule has 0 amide bonds. The molecular formula is C11H14N6OS. The van der Waals surface area contributed by atoms with Crippen LogP contribution in [0.25, 0.3) is 0 Å². The van der Waals surface area contributed by atoms with Crippen molar-refractivity contribution in [3.05, 3.63) is 37.8 Å². The molecule has 1 N–H and O–H groups in total. The fourth-order valence-electron chi connectivity index (χ4n) is 1.67. The van der Waals surface area contributed by atoms with Gasteiger partial charge >= 0.3 is 0 Å². The smallest absolute Gasteiger partial charge is 0.272 e. The van der Waals surface area contributed by atoms with Crippen LogP contribution in [-0.2, 0) is 7.05 Å². The zero-order valence-corrected chi connectivity index (χ0v) is 11.9. The first-order chi connectivity index (χ1) is 8.91. The Labute approximate surface area is 114 Å². The Bertz CT molecular complexity index is 766. The molecule has 2 aromatic rings. The summed E-state index contributed by atoms with van der Waals surface area (Å²) in [6, 6.07) is 0. The molecule has 2 heterocycles. The summed E-state index contributed by atoms with van der Waals surface area (Å²) in [7, 11) is 1.86. The average molecular weight is 278 g/mol. The Kier molecular flexibility index (Phi) is 3.43. The summed E-state index contributed by atoms with van der Waals surface area (Å²) >= 11 is 5.00. The molecule has 0 fully saturated rings. The largest absolute Gasteiger partial charge is 0.296 e. The zero-order chi connectivity index (χ0) is 14.2. The van der Waals surface area contributed by atoms with E-state index in [4.69, 9.17) is 12.2 Å². The summed E-state index contributed by atoms with van der Waals surface area (Å²) in [5.41, 5.74) is 2.66. The third-order valence-corrected chi connectivity index (χ3v) is 3.15. The summed E-state index contributed by atoms with van der Waals surface area (Å²) in [5.74, 6) is 0. The Morgan fingerprint density at radius 2 is 2.00 bits per heavy atom. The maximum Gasteiger partial charge on any atom is 0.296 e. The predicted octanol–water partition coefficient (Wildman–Crippen LogP) is 0.842. The van der Waals surface area contributed by atoms with E-state index in [9.17, 15) is 4.79 Å². The molecule has 0 unspecified atom stereocenters. The molecule has 0 aliphatic rings. The number of H-pyrrole nitrogens is 1. The molecule has 100 valence electrons. The van der Waals surface area contributed by atoms with E-state index < -0.39 is 0 Å². The Morgan fingerprint density at radius 1 is 1.32 bits per heavy atom. The second kappa shape index (κ2) is 4.88. The van der Waals surface area contributed by atoms with Crippen molar-refractivity contribution in [2.75, 3.05) is 0 Å². The number of aryl methyl sites for hydroxylation is 3. The molecule has 2 aromatic heterocycles. The third kappa shape index (κ3) is 2.39. The van der Waals surface area contributed by atoms with Crippen molar-refractivity contribution >= 4 is 18.4 Å². The van der Waals surface area contributed by atoms with Crippen LogP contribution >= 0.6 is 12.2 Å². The van der Waals surface area contributed by atoms with Crippen LogP contribution in [0.5, 0.6) is 0 Å². The van der Waals surface area contributed by atoms with Gasteiger partial charge in [0.2, 0.25) is 4.77 Å². The topological polar surface area (TPSA) is 80.9 Å². The van der Waals surface area contributed by atoms with E-state index in [-0.39, 0.29) is 10.3 Å². The number of nitrogens with one attached hydrogen (secondary N) is 1. The standard InChI is InChI=1S/C11H14N6OS/c1-6-9(8(3)16(4)15-6)5-12-17-10(18)7(2)13-14-11(17)19/h5H,1-4H3,(H,14,19). The Hall–Kier alpha value is -2.09. The van der Waals surface area contributed by atoms with E-state index in [2.05, 4.69) is 20.4 Å². The molecule has 0 atom stereocenters. The lowest BCUT2D eigenvalue weighted by Crippen LogP contribution is -2.22. The molecular weight excluding hydrogens is 264 g/mol. The SMILES string of the molecule is Cc1nn(C)c(C)c1C=Nn1c(=S)[nH]nc(C)c1=O. The second-order valence-electron chi connectivity index (χ2n) is 4.18. The lowest BCUT2D eigenvalue weighted by Gasteiger charge is -1.99. The average Bonchev–Trinajstić information content (AvgIpc) is 2.60. The minimum atomic E-state index is -0.334. The van der Waals surface area contributed by atoms with Crippen molar-refractivity contribution in [2.45, 2.75) is 20.8 Å². The van der Waals surface area contributed by atoms with Crippen LogP contribution in [0, 0.1) is 25.5 Å². The van der Waals surface area contributed by atoms with Crippen LogP contribution in [-0.4, -0.2) is 30.9 Å². The van der Waals surface area contributed by atoms with E-state index in [0.29, 0.717) is 5.69 Å². The van der Waals surface area contributed by atoms with Gasteiger partial charge < -0.3 is 0 Å². The van der Waals surface area contributed by atoms with Crippen molar-refractivity contribution < 1.29 is 0 Å². The highest BCUT2D eigenvalue weighted by atomic mass is 32.1. The van der Waals surface area contributed by atoms with Crippen molar-refractivity contribution in [2.24, 2.45) is 12.1 Å². The maximum absolute atomic E-state index is 11.9. The van der Waals surface area contributed by atoms with Crippen LogP contribution in [0.2, 0.25) is 0 Å². The molecule has 0 saturated carbocycles. The Morgan fingerprint density at radius 3 is 2.58 bits per heavy atom. The van der Waals surface area contributed by atoms with Gasteiger partial charge in [-0.05, 0) is 33.0 Å². The number of rotatable bonds is 2. The van der Waals surface area contributed by atoms with Gasteiger partial charge in [-0.3, -0.25) is 14.6 Å². The van der Waals surface area contributed by atoms with Crippen LogP contribution in [0.1, 0.15) is 22.6 Å². The van der Waals surface area contributed by atoms with E-state index >= 15 is 0 Å². The normalized spacial score (nSPS) is 11.4. The van der Waals surface area contributed by atoms with Crippen LogP contribution in [0.4, 0.5) is 0 Å². The second-order valence-corrected chi connectivity index (χ2v) is 4.57. The highest BCUT2D eigenvalue weighted by Crippen LogP contribution is 2.08. The minimum Gasteiger partial charge on any atom is -0.272 e. The van der Waals surface area contributed by atoms with Gasteiger partial charge in [0.25, 0.3) is 5.56 Å². The third-order valence-electron chi connectivity index (χ3n) is 2.88. The molecule has 8 heteroatoms. The molecule has 7 nitrogen and oxygen atoms in total. The summed E-state index contributed by atoms with van der Waals surface area (Å²) < 4.78 is 3.03. The predicted molar refractivity (Wildman–Crippen MR) is 74.1 cm³/mol. The first-order valence-electron chi connectivity index (χ1n) is 5.64. The molecule has 19 heavy (non-hydrogen) atoms. The number of nitrogens with zero attached hydrogens (tertiary/aromatic N) is 5. The monoisotopic (exact) mass is 278 g/mol. The van der Waals surface area contributed by atoms with Crippen molar-refractivity contribution in [3.8, 4) is 0 Å². The highest BCUT2D eigenvalue weighted by molar-refractivity contribution is 7.71. The number of hydrogen-bond acceptors (Lipinski definition) is 5. The van der Waals surface area contributed by atoms with E-state index in [1.54, 1.807) is 17.8 Å². The van der Waals surface area contributed by atoms with E-state index in [1.165, 1.54) is 0 Å². The summed E-state index contributed by atoms with van der Waals surface area (Å²) in [6.45, 7) is 5.42. The van der Waals surface area contributed by atoms with E-state index in [0.717, 1.165) is 21.6 Å². The molecule has 0 aliphatic heterocycles. The lowest BCUT2D eigenvalue weighted by molar-refractivity contribution is 0.720. The molecule has 0 bridgehead atoms. The van der Waals surface area contributed by atoms with Gasteiger partial charge in [-0.15, -0.1) is 0 Å². The highest BCUT2D eigenvalue weighted by Gasteiger charge is 2.07. The van der Waals surface area contributed by atoms with E-state index in [1.807, 2.05) is 20.9 Å². The van der Waals surface area contributed by atoms with Gasteiger partial charge in [0.05, 0.1) is 11.9 Å². The first kappa shape index (κ1) is 13.3. The fraction of sp³-hybridized carbons (Fsp3) is 0.364. The van der Waals surface area contributed by atoms with Crippen molar-refractivity contribution in [1.29, 1.82) is 0 Å². The molecule has 0 spiro atoms. The van der Waals surface area contributed by atoms with Crippen LogP contribution < -0.4 is 5.56 Å². The van der Waals surface area contributed by atoms with Crippen molar-refractivity contribution in [3.63, 3.8) is 0 Å². The molecule has 2 rings (SSSR count). The van der Waals surface area contributed by atoms with Gasteiger partial charge in [0, 0.05) is 18.3 Å². The van der Waals surface area contributed by atoms with Gasteiger partial charge in [-0.2, -0.15) is 20.0 Å². The number of hydrogen-bond donors (Lipinski definition) is 1. The van der Waals surface area contributed by atoms with Gasteiger partial charge in [0.1, 0.15) is 5.69 Å². The Balaban J connectivity index is 2.53. The summed E-state index contributed by atoms with van der Waals surface area (Å²) in [6.07, 6.45) is 1.59. The van der Waals surface area contributed by atoms with Crippen molar-refractivity contribution in [1.82, 2.24) is 24.7 Å². The molecule has 0 aromatic carbocycles. The minimum absolute atomic E-state index is 0.158. The van der Waals surface area contributed by atoms with Gasteiger partial charge in [-0.25, -0.2) is 0 Å². The van der Waals surface area contributed by atoms with Gasteiger partial charge in [-0.1, -0.05) is 0 Å². The molecule has 0 radical (unpaired) electrons. The quantitative estimate of drug-likeness (QED) is 0.652. The number of aromatic nitrogens is 5. The maximum atomic E-state index is 11.9. The lowest BCUT2D eigenvalue weighted by atomic mass is 10.2. The number of aromatic amines is 1. The fourth-order valence-corrected chi connectivity index (χ4v) is 1.85. The summed E-state index contributed by atoms with van der Waals surface area (Å²) in [5, 5.41) is 14.8. The summed E-state index contributed by atoms with van der Waals surface area (Å²) in [4.78, 5) is 11.9. The zero-order valence-electron chi connectivity index (χ0n) is 11.1. The first-order valence-corrected chi connectivity index (χ1v) is 6.05. The molecule has 0 saturated heterocycles.